The molecule has 0 radical (unpaired) electrons. The van der Waals surface area contributed by atoms with Crippen LogP contribution in [-0.4, -0.2) is 28.3 Å². The van der Waals surface area contributed by atoms with Crippen molar-refractivity contribution in [3.63, 3.8) is 0 Å². The molecule has 2 aromatic rings. The van der Waals surface area contributed by atoms with Gasteiger partial charge in [0, 0.05) is 17.5 Å². The molecule has 2 aliphatic carbocycles. The Morgan fingerprint density at radius 2 is 2.00 bits per heavy atom. The molecule has 5 nitrogen and oxygen atoms in total. The zero-order chi connectivity index (χ0) is 18.5. The van der Waals surface area contributed by atoms with Crippen molar-refractivity contribution >= 4 is 22.9 Å². The SMILES string of the molecule is Cc1nnc(-c2ccc3c(c2OC2CCC2)CCC(C)N3C(=O)C2CC2)s1. The minimum absolute atomic E-state index is 0.222. The maximum Gasteiger partial charge on any atom is 0.230 e. The molecule has 6 heteroatoms. The molecule has 1 amide bonds. The van der Waals surface area contributed by atoms with Gasteiger partial charge in [0.15, 0.2) is 5.01 Å². The van der Waals surface area contributed by atoms with Gasteiger partial charge in [0.1, 0.15) is 10.8 Å². The summed E-state index contributed by atoms with van der Waals surface area (Å²) >= 11 is 1.60. The lowest BCUT2D eigenvalue weighted by Crippen LogP contribution is -2.43. The van der Waals surface area contributed by atoms with Crippen molar-refractivity contribution in [1.82, 2.24) is 10.2 Å². The van der Waals surface area contributed by atoms with Crippen molar-refractivity contribution < 1.29 is 9.53 Å². The van der Waals surface area contributed by atoms with E-state index in [1.807, 2.05) is 11.8 Å². The molecule has 2 saturated carbocycles. The fourth-order valence-corrected chi connectivity index (χ4v) is 4.74. The van der Waals surface area contributed by atoms with E-state index in [0.29, 0.717) is 0 Å². The average molecular weight is 384 g/mol. The zero-order valence-electron chi connectivity index (χ0n) is 15.9. The summed E-state index contributed by atoms with van der Waals surface area (Å²) in [7, 11) is 0. The fraction of sp³-hybridized carbons (Fsp3) is 0.571. The molecule has 0 saturated heterocycles. The Hall–Kier alpha value is -1.95. The number of nitrogens with zero attached hydrogens (tertiary/aromatic N) is 3. The Labute approximate surface area is 163 Å². The number of hydrogen-bond acceptors (Lipinski definition) is 5. The number of aryl methyl sites for hydroxylation is 1. The maximum atomic E-state index is 13.0. The van der Waals surface area contributed by atoms with E-state index in [9.17, 15) is 4.79 Å². The summed E-state index contributed by atoms with van der Waals surface area (Å²) in [6.45, 7) is 4.14. The highest BCUT2D eigenvalue weighted by Gasteiger charge is 2.39. The number of benzene rings is 1. The van der Waals surface area contributed by atoms with Crippen LogP contribution in [0.25, 0.3) is 10.6 Å². The predicted molar refractivity (Wildman–Crippen MR) is 106 cm³/mol. The molecular weight excluding hydrogens is 358 g/mol. The third-order valence-corrected chi connectivity index (χ3v) is 6.88. The van der Waals surface area contributed by atoms with Crippen molar-refractivity contribution in [2.45, 2.75) is 70.9 Å². The van der Waals surface area contributed by atoms with Gasteiger partial charge < -0.3 is 9.64 Å². The highest BCUT2D eigenvalue weighted by atomic mass is 32.1. The lowest BCUT2D eigenvalue weighted by molar-refractivity contribution is -0.120. The summed E-state index contributed by atoms with van der Waals surface area (Å²) in [5.41, 5.74) is 3.25. The summed E-state index contributed by atoms with van der Waals surface area (Å²) in [6.07, 6.45) is 7.73. The first-order valence-electron chi connectivity index (χ1n) is 10.1. The van der Waals surface area contributed by atoms with E-state index in [2.05, 4.69) is 29.3 Å². The minimum atomic E-state index is 0.222. The van der Waals surface area contributed by atoms with Crippen molar-refractivity contribution in [2.24, 2.45) is 5.92 Å². The molecule has 0 N–H and O–H groups in total. The van der Waals surface area contributed by atoms with E-state index < -0.39 is 0 Å². The van der Waals surface area contributed by atoms with Crippen LogP contribution in [0.5, 0.6) is 5.75 Å². The molecule has 27 heavy (non-hydrogen) atoms. The number of anilines is 1. The van der Waals surface area contributed by atoms with Gasteiger partial charge in [0.05, 0.1) is 17.4 Å². The first-order chi connectivity index (χ1) is 13.1. The molecule has 0 spiro atoms. The molecule has 1 unspecified atom stereocenters. The molecule has 2 fully saturated rings. The van der Waals surface area contributed by atoms with Gasteiger partial charge in [-0.05, 0) is 70.9 Å². The topological polar surface area (TPSA) is 55.3 Å². The smallest absolute Gasteiger partial charge is 0.230 e. The number of rotatable bonds is 4. The fourth-order valence-electron chi connectivity index (χ4n) is 4.03. The van der Waals surface area contributed by atoms with Crippen molar-refractivity contribution in [3.05, 3.63) is 22.7 Å². The Bertz CT molecular complexity index is 886. The molecule has 1 atom stereocenters. The van der Waals surface area contributed by atoms with Crippen LogP contribution < -0.4 is 9.64 Å². The average Bonchev–Trinajstić information content (AvgIpc) is 3.38. The van der Waals surface area contributed by atoms with Crippen molar-refractivity contribution in [1.29, 1.82) is 0 Å². The Morgan fingerprint density at radius 3 is 2.63 bits per heavy atom. The molecular formula is C21H25N3O2S. The van der Waals surface area contributed by atoms with E-state index in [1.165, 1.54) is 12.0 Å². The molecule has 5 rings (SSSR count). The highest BCUT2D eigenvalue weighted by molar-refractivity contribution is 7.14. The molecule has 142 valence electrons. The number of aromatic nitrogens is 2. The monoisotopic (exact) mass is 383 g/mol. The first-order valence-corrected chi connectivity index (χ1v) is 10.9. The molecule has 3 aliphatic rings. The van der Waals surface area contributed by atoms with E-state index >= 15 is 0 Å². The zero-order valence-corrected chi connectivity index (χ0v) is 16.7. The highest BCUT2D eigenvalue weighted by Crippen LogP contribution is 2.46. The van der Waals surface area contributed by atoms with Crippen LogP contribution in [0.1, 0.15) is 56.0 Å². The second kappa shape index (κ2) is 6.59. The number of carbonyl (C=O) groups excluding carboxylic acids is 1. The quantitative estimate of drug-likeness (QED) is 0.779. The van der Waals surface area contributed by atoms with Crippen LogP contribution >= 0.6 is 11.3 Å². The van der Waals surface area contributed by atoms with Gasteiger partial charge in [0.25, 0.3) is 0 Å². The molecule has 1 aromatic carbocycles. The van der Waals surface area contributed by atoms with Gasteiger partial charge in [-0.3, -0.25) is 4.79 Å². The molecule has 0 bridgehead atoms. The summed E-state index contributed by atoms with van der Waals surface area (Å²) in [6, 6.07) is 4.43. The third-order valence-electron chi connectivity index (χ3n) is 6.01. The normalized spacial score (nSPS) is 22.3. The van der Waals surface area contributed by atoms with Crippen molar-refractivity contribution in [2.75, 3.05) is 4.90 Å². The van der Waals surface area contributed by atoms with Crippen LogP contribution in [0.4, 0.5) is 5.69 Å². The summed E-state index contributed by atoms with van der Waals surface area (Å²) in [5, 5.41) is 10.4. The van der Waals surface area contributed by atoms with Gasteiger partial charge in [-0.25, -0.2) is 0 Å². The van der Waals surface area contributed by atoms with Gasteiger partial charge in [-0.15, -0.1) is 10.2 Å². The maximum absolute atomic E-state index is 13.0. The molecule has 1 aliphatic heterocycles. The van der Waals surface area contributed by atoms with Crippen LogP contribution in [0, 0.1) is 12.8 Å². The van der Waals surface area contributed by atoms with Gasteiger partial charge in [-0.1, -0.05) is 11.3 Å². The number of ether oxygens (including phenoxy) is 1. The van der Waals surface area contributed by atoms with E-state index in [-0.39, 0.29) is 24.0 Å². The largest absolute Gasteiger partial charge is 0.489 e. The van der Waals surface area contributed by atoms with E-state index in [4.69, 9.17) is 4.74 Å². The Kier molecular flexibility index (Phi) is 4.19. The number of carbonyl (C=O) groups is 1. The second-order valence-electron chi connectivity index (χ2n) is 8.11. The van der Waals surface area contributed by atoms with E-state index in [0.717, 1.165) is 65.5 Å². The van der Waals surface area contributed by atoms with Crippen LogP contribution in [0.2, 0.25) is 0 Å². The number of hydrogen-bond donors (Lipinski definition) is 0. The van der Waals surface area contributed by atoms with E-state index in [1.54, 1.807) is 11.3 Å². The summed E-state index contributed by atoms with van der Waals surface area (Å²) < 4.78 is 6.48. The minimum Gasteiger partial charge on any atom is -0.489 e. The number of fused-ring (bicyclic) bond motifs is 1. The predicted octanol–water partition coefficient (Wildman–Crippen LogP) is 4.52. The van der Waals surface area contributed by atoms with Crippen LogP contribution in [0.15, 0.2) is 12.1 Å². The standard InChI is InChI=1S/C21H25N3O2S/c1-12-6-9-16-18(24(12)21(25)14-7-8-14)11-10-17(20-23-22-13(2)27-20)19(16)26-15-4-3-5-15/h10-12,14-15H,3-9H2,1-2H3. The summed E-state index contributed by atoms with van der Waals surface area (Å²) in [4.78, 5) is 15.0. The van der Waals surface area contributed by atoms with Crippen LogP contribution in [0.3, 0.4) is 0 Å². The van der Waals surface area contributed by atoms with Gasteiger partial charge in [0.2, 0.25) is 5.91 Å². The van der Waals surface area contributed by atoms with Gasteiger partial charge >= 0.3 is 0 Å². The lowest BCUT2D eigenvalue weighted by Gasteiger charge is -2.38. The second-order valence-corrected chi connectivity index (χ2v) is 9.29. The Balaban J connectivity index is 1.61. The first kappa shape index (κ1) is 17.2. The molecule has 1 aromatic heterocycles. The van der Waals surface area contributed by atoms with Crippen LogP contribution in [-0.2, 0) is 11.2 Å². The molecule has 2 heterocycles. The van der Waals surface area contributed by atoms with Gasteiger partial charge in [-0.2, -0.15) is 0 Å². The Morgan fingerprint density at radius 1 is 1.19 bits per heavy atom. The summed E-state index contributed by atoms with van der Waals surface area (Å²) in [5.74, 6) is 1.45. The van der Waals surface area contributed by atoms with Crippen molar-refractivity contribution in [3.8, 4) is 16.3 Å². The third kappa shape index (κ3) is 3.04. The lowest BCUT2D eigenvalue weighted by atomic mass is 9.92. The number of amides is 1.